The smallest absolute Gasteiger partial charge is 0.235 e. The Morgan fingerprint density at radius 3 is 2.42 bits per heavy atom. The molecular weight excluding hydrogens is 318 g/mol. The Bertz CT molecular complexity index is 978. The first-order chi connectivity index (χ1) is 11.5. The van der Waals surface area contributed by atoms with E-state index in [2.05, 4.69) is 65.3 Å². The normalized spacial score (nSPS) is 12.0. The molecule has 0 fully saturated rings. The average molecular weight is 335 g/mol. The zero-order valence-electron chi connectivity index (χ0n) is 13.8. The first kappa shape index (κ1) is 15.0. The van der Waals surface area contributed by atoms with E-state index >= 15 is 0 Å². The molecule has 0 amide bonds. The summed E-state index contributed by atoms with van der Waals surface area (Å²) in [6.07, 6.45) is 1.74. The highest BCUT2D eigenvalue weighted by Crippen LogP contribution is 2.29. The van der Waals surface area contributed by atoms with E-state index in [0.29, 0.717) is 5.82 Å². The Kier molecular flexibility index (Phi) is 3.42. The summed E-state index contributed by atoms with van der Waals surface area (Å²) < 4.78 is 1.76. The molecule has 0 aliphatic rings. The van der Waals surface area contributed by atoms with Crippen LogP contribution in [0.2, 0.25) is 0 Å². The van der Waals surface area contributed by atoms with Crippen LogP contribution >= 0.6 is 11.3 Å². The highest BCUT2D eigenvalue weighted by atomic mass is 32.1. The molecule has 0 atom stereocenters. The summed E-state index contributed by atoms with van der Waals surface area (Å²) in [6, 6.07) is 14.3. The fraction of sp³-hybridized carbons (Fsp3) is 0.222. The summed E-state index contributed by atoms with van der Waals surface area (Å²) in [5.74, 6) is 0.666. The summed E-state index contributed by atoms with van der Waals surface area (Å²) in [7, 11) is 0. The summed E-state index contributed by atoms with van der Waals surface area (Å²) in [4.78, 5) is 5.10. The maximum absolute atomic E-state index is 4.68. The molecule has 24 heavy (non-hydrogen) atoms. The van der Waals surface area contributed by atoms with Gasteiger partial charge in [-0.25, -0.2) is 0 Å². The topological polar surface area (TPSA) is 56.0 Å². The second-order valence-corrected chi connectivity index (χ2v) is 7.62. The van der Waals surface area contributed by atoms with Gasteiger partial charge in [-0.15, -0.1) is 10.2 Å². The van der Waals surface area contributed by atoms with Gasteiger partial charge < -0.3 is 0 Å². The molecule has 0 aliphatic heterocycles. The molecule has 0 bridgehead atoms. The number of aromatic nitrogens is 5. The fourth-order valence-electron chi connectivity index (χ4n) is 2.50. The van der Waals surface area contributed by atoms with Crippen LogP contribution < -0.4 is 0 Å². The molecule has 4 rings (SSSR count). The SMILES string of the molecule is CC(C)(C)c1ccc(-c2nn3c(-c4ccccn4)nnc3s2)cc1. The third-order valence-corrected chi connectivity index (χ3v) is 4.83. The zero-order chi connectivity index (χ0) is 16.7. The molecule has 3 heterocycles. The van der Waals surface area contributed by atoms with Crippen molar-refractivity contribution in [1.29, 1.82) is 0 Å². The number of nitrogens with zero attached hydrogens (tertiary/aromatic N) is 5. The van der Waals surface area contributed by atoms with Crippen molar-refractivity contribution >= 4 is 16.3 Å². The first-order valence-corrected chi connectivity index (χ1v) is 8.58. The minimum Gasteiger partial charge on any atom is -0.253 e. The zero-order valence-corrected chi connectivity index (χ0v) is 14.6. The van der Waals surface area contributed by atoms with Crippen LogP contribution in [0.3, 0.4) is 0 Å². The van der Waals surface area contributed by atoms with Gasteiger partial charge in [-0.1, -0.05) is 62.4 Å². The third kappa shape index (κ3) is 2.59. The molecular formula is C18H17N5S. The van der Waals surface area contributed by atoms with E-state index in [9.17, 15) is 0 Å². The lowest BCUT2D eigenvalue weighted by Gasteiger charge is -2.18. The van der Waals surface area contributed by atoms with E-state index in [1.54, 1.807) is 10.7 Å². The van der Waals surface area contributed by atoms with Crippen LogP contribution in [0.25, 0.3) is 27.1 Å². The largest absolute Gasteiger partial charge is 0.253 e. The predicted molar refractivity (Wildman–Crippen MR) is 96.0 cm³/mol. The quantitative estimate of drug-likeness (QED) is 0.550. The molecule has 120 valence electrons. The van der Waals surface area contributed by atoms with Crippen molar-refractivity contribution in [3.63, 3.8) is 0 Å². The monoisotopic (exact) mass is 335 g/mol. The molecule has 0 saturated heterocycles. The van der Waals surface area contributed by atoms with Gasteiger partial charge in [0.2, 0.25) is 10.8 Å². The number of benzene rings is 1. The van der Waals surface area contributed by atoms with Gasteiger partial charge in [0.1, 0.15) is 10.7 Å². The van der Waals surface area contributed by atoms with Crippen molar-refractivity contribution in [3.8, 4) is 22.1 Å². The van der Waals surface area contributed by atoms with Crippen LogP contribution in [0, 0.1) is 0 Å². The molecule has 0 saturated carbocycles. The molecule has 4 aromatic rings. The van der Waals surface area contributed by atoms with Crippen LogP contribution in [0.4, 0.5) is 0 Å². The molecule has 0 aliphatic carbocycles. The highest BCUT2D eigenvalue weighted by molar-refractivity contribution is 7.19. The minimum atomic E-state index is 0.145. The number of rotatable bonds is 2. The van der Waals surface area contributed by atoms with Crippen molar-refractivity contribution < 1.29 is 0 Å². The Morgan fingerprint density at radius 2 is 1.75 bits per heavy atom. The standard InChI is InChI=1S/C18H17N5S/c1-18(2,3)13-9-7-12(8-10-13)16-22-23-15(20-21-17(23)24-16)14-6-4-5-11-19-14/h4-11H,1-3H3. The average Bonchev–Trinajstić information content (AvgIpc) is 3.15. The molecule has 3 aromatic heterocycles. The lowest BCUT2D eigenvalue weighted by Crippen LogP contribution is -2.10. The molecule has 0 radical (unpaired) electrons. The van der Waals surface area contributed by atoms with E-state index in [4.69, 9.17) is 0 Å². The molecule has 6 heteroatoms. The summed E-state index contributed by atoms with van der Waals surface area (Å²) in [5, 5.41) is 14.0. The lowest BCUT2D eigenvalue weighted by atomic mass is 9.87. The molecule has 5 nitrogen and oxygen atoms in total. The number of hydrogen-bond acceptors (Lipinski definition) is 5. The van der Waals surface area contributed by atoms with Crippen LogP contribution in [0.1, 0.15) is 26.3 Å². The number of fused-ring (bicyclic) bond motifs is 1. The fourth-order valence-corrected chi connectivity index (χ4v) is 3.35. The predicted octanol–water partition coefficient (Wildman–Crippen LogP) is 4.21. The van der Waals surface area contributed by atoms with Gasteiger partial charge in [0, 0.05) is 11.8 Å². The summed E-state index contributed by atoms with van der Waals surface area (Å²) in [5.41, 5.74) is 3.31. The maximum atomic E-state index is 4.68. The van der Waals surface area contributed by atoms with Gasteiger partial charge in [0.25, 0.3) is 0 Å². The van der Waals surface area contributed by atoms with E-state index in [1.807, 2.05) is 18.2 Å². The van der Waals surface area contributed by atoms with Gasteiger partial charge in [0.05, 0.1) is 0 Å². The summed E-state index contributed by atoms with van der Waals surface area (Å²) >= 11 is 1.53. The van der Waals surface area contributed by atoms with E-state index in [1.165, 1.54) is 16.9 Å². The van der Waals surface area contributed by atoms with Gasteiger partial charge in [-0.05, 0) is 23.1 Å². The van der Waals surface area contributed by atoms with Gasteiger partial charge in [0.15, 0.2) is 0 Å². The molecule has 0 N–H and O–H groups in total. The van der Waals surface area contributed by atoms with Crippen molar-refractivity contribution in [2.45, 2.75) is 26.2 Å². The van der Waals surface area contributed by atoms with Crippen molar-refractivity contribution in [2.24, 2.45) is 0 Å². The Balaban J connectivity index is 1.75. The lowest BCUT2D eigenvalue weighted by molar-refractivity contribution is 0.590. The van der Waals surface area contributed by atoms with Crippen molar-refractivity contribution in [3.05, 3.63) is 54.2 Å². The third-order valence-electron chi connectivity index (χ3n) is 3.88. The number of hydrogen-bond donors (Lipinski definition) is 0. The second kappa shape index (κ2) is 5.49. The Labute approximate surface area is 144 Å². The molecule has 1 aromatic carbocycles. The Morgan fingerprint density at radius 1 is 0.958 bits per heavy atom. The van der Waals surface area contributed by atoms with Crippen LogP contribution in [-0.4, -0.2) is 24.8 Å². The summed E-state index contributed by atoms with van der Waals surface area (Å²) in [6.45, 7) is 6.64. The van der Waals surface area contributed by atoms with Crippen molar-refractivity contribution in [1.82, 2.24) is 24.8 Å². The van der Waals surface area contributed by atoms with Gasteiger partial charge in [-0.3, -0.25) is 4.98 Å². The van der Waals surface area contributed by atoms with Crippen LogP contribution in [-0.2, 0) is 5.41 Å². The van der Waals surface area contributed by atoms with Crippen LogP contribution in [0.15, 0.2) is 48.7 Å². The Hall–Kier alpha value is -2.60. The number of pyridine rings is 1. The molecule has 0 spiro atoms. The maximum Gasteiger partial charge on any atom is 0.235 e. The van der Waals surface area contributed by atoms with Crippen molar-refractivity contribution in [2.75, 3.05) is 0 Å². The minimum absolute atomic E-state index is 0.145. The highest BCUT2D eigenvalue weighted by Gasteiger charge is 2.16. The van der Waals surface area contributed by atoms with Gasteiger partial charge in [-0.2, -0.15) is 9.61 Å². The van der Waals surface area contributed by atoms with Crippen LogP contribution in [0.5, 0.6) is 0 Å². The van der Waals surface area contributed by atoms with E-state index in [0.717, 1.165) is 21.2 Å². The second-order valence-electron chi connectivity index (χ2n) is 6.67. The van der Waals surface area contributed by atoms with E-state index in [-0.39, 0.29) is 5.41 Å². The van der Waals surface area contributed by atoms with E-state index < -0.39 is 0 Å². The molecule has 0 unspecified atom stereocenters. The van der Waals surface area contributed by atoms with Gasteiger partial charge >= 0.3 is 0 Å². The first-order valence-electron chi connectivity index (χ1n) is 7.77.